The number of rotatable bonds is 3. The molecule has 2 heterocycles. The van der Waals surface area contributed by atoms with E-state index in [4.69, 9.17) is 0 Å². The molecule has 6 nitrogen and oxygen atoms in total. The topological polar surface area (TPSA) is 70.4 Å². The first-order chi connectivity index (χ1) is 11.7. The fourth-order valence-corrected chi connectivity index (χ4v) is 3.98. The van der Waals surface area contributed by atoms with E-state index >= 15 is 0 Å². The minimum Gasteiger partial charge on any atom is -0.391 e. The van der Waals surface area contributed by atoms with Crippen LogP contribution in [0.4, 0.5) is 10.5 Å². The van der Waals surface area contributed by atoms with Crippen LogP contribution in [0.3, 0.4) is 0 Å². The van der Waals surface area contributed by atoms with E-state index < -0.39 is 0 Å². The van der Waals surface area contributed by atoms with Gasteiger partial charge < -0.3 is 15.3 Å². The number of carbonyl (C=O) groups is 1. The fourth-order valence-electron chi connectivity index (χ4n) is 3.98. The fraction of sp³-hybridized carbons (Fsp3) is 0.444. The number of anilines is 1. The second-order valence-electron chi connectivity index (χ2n) is 6.71. The molecule has 3 atom stereocenters. The monoisotopic (exact) mass is 326 g/mol. The van der Waals surface area contributed by atoms with Crippen molar-refractivity contribution in [2.75, 3.05) is 11.9 Å². The summed E-state index contributed by atoms with van der Waals surface area (Å²) in [7, 11) is 0. The highest BCUT2D eigenvalue weighted by atomic mass is 16.3. The summed E-state index contributed by atoms with van der Waals surface area (Å²) >= 11 is 0. The van der Waals surface area contributed by atoms with Gasteiger partial charge in [-0.2, -0.15) is 5.10 Å². The van der Waals surface area contributed by atoms with Crippen molar-refractivity contribution in [2.45, 2.75) is 38.0 Å². The Balaban J connectivity index is 1.39. The number of nitrogens with zero attached hydrogens (tertiary/aromatic N) is 3. The van der Waals surface area contributed by atoms with Crippen molar-refractivity contribution in [2.24, 2.45) is 5.92 Å². The molecule has 1 saturated carbocycles. The number of aliphatic hydroxyl groups is 1. The maximum Gasteiger partial charge on any atom is 0.322 e. The molecule has 4 rings (SSSR count). The van der Waals surface area contributed by atoms with Crippen molar-refractivity contribution < 1.29 is 9.90 Å². The van der Waals surface area contributed by atoms with Gasteiger partial charge in [0.25, 0.3) is 0 Å². The van der Waals surface area contributed by atoms with E-state index in [0.717, 1.165) is 37.1 Å². The van der Waals surface area contributed by atoms with Crippen molar-refractivity contribution in [1.29, 1.82) is 0 Å². The largest absolute Gasteiger partial charge is 0.391 e. The van der Waals surface area contributed by atoms with Gasteiger partial charge in [-0.05, 0) is 48.9 Å². The van der Waals surface area contributed by atoms with Crippen LogP contribution in [0.2, 0.25) is 0 Å². The van der Waals surface area contributed by atoms with E-state index in [2.05, 4.69) is 10.4 Å². The summed E-state index contributed by atoms with van der Waals surface area (Å²) in [6, 6.07) is 9.59. The third-order valence-electron chi connectivity index (χ3n) is 5.18. The molecule has 0 radical (unpaired) electrons. The van der Waals surface area contributed by atoms with Crippen LogP contribution >= 0.6 is 0 Å². The van der Waals surface area contributed by atoms with Gasteiger partial charge in [0.15, 0.2) is 0 Å². The Bertz CT molecular complexity index is 698. The number of fused-ring (bicyclic) bond motifs is 1. The lowest BCUT2D eigenvalue weighted by Crippen LogP contribution is -2.44. The molecule has 2 N–H and O–H groups in total. The first kappa shape index (κ1) is 15.2. The predicted octanol–water partition coefficient (Wildman–Crippen LogP) is 2.31. The van der Waals surface area contributed by atoms with E-state index in [9.17, 15) is 9.90 Å². The molecule has 2 aromatic rings. The summed E-state index contributed by atoms with van der Waals surface area (Å²) in [5.41, 5.74) is 1.91. The lowest BCUT2D eigenvalue weighted by molar-refractivity contribution is 0.101. The Kier molecular flexibility index (Phi) is 3.98. The summed E-state index contributed by atoms with van der Waals surface area (Å²) in [5.74, 6) is 0.460. The van der Waals surface area contributed by atoms with Gasteiger partial charge in [0.05, 0.1) is 18.7 Å². The molecule has 6 heteroatoms. The highest BCUT2D eigenvalue weighted by molar-refractivity contribution is 5.89. The second-order valence-corrected chi connectivity index (χ2v) is 6.71. The number of carbonyl (C=O) groups excluding carboxylic acids is 1. The molecular formula is C18H22N4O2. The minimum absolute atomic E-state index is 0.0101. The van der Waals surface area contributed by atoms with Crippen LogP contribution in [0.1, 0.15) is 24.8 Å². The average Bonchev–Trinajstić information content (AvgIpc) is 3.29. The number of hydrogen-bond acceptors (Lipinski definition) is 3. The summed E-state index contributed by atoms with van der Waals surface area (Å²) < 4.78 is 1.86. The molecule has 2 amide bonds. The lowest BCUT2D eigenvalue weighted by Gasteiger charge is -2.27. The van der Waals surface area contributed by atoms with Crippen molar-refractivity contribution in [3.63, 3.8) is 0 Å². The number of aromatic nitrogens is 2. The Morgan fingerprint density at radius 1 is 1.25 bits per heavy atom. The van der Waals surface area contributed by atoms with E-state index in [1.165, 1.54) is 0 Å². The highest BCUT2D eigenvalue weighted by Crippen LogP contribution is 2.38. The van der Waals surface area contributed by atoms with E-state index in [1.54, 1.807) is 11.1 Å². The van der Waals surface area contributed by atoms with Gasteiger partial charge in [-0.3, -0.25) is 4.68 Å². The number of nitrogens with one attached hydrogen (secondary N) is 1. The van der Waals surface area contributed by atoms with Crippen molar-refractivity contribution >= 4 is 11.7 Å². The smallest absolute Gasteiger partial charge is 0.322 e. The maximum atomic E-state index is 12.5. The van der Waals surface area contributed by atoms with Gasteiger partial charge >= 0.3 is 6.03 Å². The predicted molar refractivity (Wildman–Crippen MR) is 90.6 cm³/mol. The zero-order valence-corrected chi connectivity index (χ0v) is 13.5. The minimum atomic E-state index is -0.375. The van der Waals surface area contributed by atoms with Crippen LogP contribution in [0, 0.1) is 5.92 Å². The number of urea groups is 1. The molecule has 1 aromatic carbocycles. The maximum absolute atomic E-state index is 12.5. The SMILES string of the molecule is O=C(Nc1ccc(Cn2cccn2)cc1)N1CC[C@@H]2CC[C@@H](O)[C@@H]21. The Morgan fingerprint density at radius 3 is 2.83 bits per heavy atom. The number of amides is 2. The molecule has 1 saturated heterocycles. The number of hydrogen-bond donors (Lipinski definition) is 2. The quantitative estimate of drug-likeness (QED) is 0.909. The Morgan fingerprint density at radius 2 is 2.08 bits per heavy atom. The number of likely N-dealkylation sites (tertiary alicyclic amines) is 1. The van der Waals surface area contributed by atoms with Gasteiger partial charge in [-0.25, -0.2) is 4.79 Å². The number of aliphatic hydroxyl groups excluding tert-OH is 1. The third-order valence-corrected chi connectivity index (χ3v) is 5.18. The van der Waals surface area contributed by atoms with Gasteiger partial charge in [-0.1, -0.05) is 12.1 Å². The van der Waals surface area contributed by atoms with Crippen molar-refractivity contribution in [1.82, 2.24) is 14.7 Å². The standard InChI is InChI=1S/C18H22N4O2/c23-16-7-4-14-8-11-22(17(14)16)18(24)20-15-5-2-13(3-6-15)12-21-10-1-9-19-21/h1-3,5-6,9-10,14,16-17,23H,4,7-8,11-12H2,(H,20,24)/t14-,16+,17+/m0/s1. The van der Waals surface area contributed by atoms with Gasteiger partial charge in [0, 0.05) is 24.6 Å². The summed E-state index contributed by atoms with van der Waals surface area (Å²) in [6.45, 7) is 1.44. The molecule has 0 unspecified atom stereocenters. The second kappa shape index (κ2) is 6.28. The summed E-state index contributed by atoms with van der Waals surface area (Å²) in [5, 5.41) is 17.3. The van der Waals surface area contributed by atoms with Crippen LogP contribution in [0.5, 0.6) is 0 Å². The molecule has 1 aliphatic heterocycles. The average molecular weight is 326 g/mol. The molecule has 0 spiro atoms. The van der Waals surface area contributed by atoms with Crippen LogP contribution < -0.4 is 5.32 Å². The Hall–Kier alpha value is -2.34. The normalized spacial score (nSPS) is 25.7. The molecule has 0 bridgehead atoms. The molecule has 1 aromatic heterocycles. The number of benzene rings is 1. The third kappa shape index (κ3) is 2.89. The Labute approximate surface area is 141 Å². The van der Waals surface area contributed by atoms with Gasteiger partial charge in [0.1, 0.15) is 0 Å². The molecular weight excluding hydrogens is 304 g/mol. The molecule has 2 fully saturated rings. The van der Waals surface area contributed by atoms with Crippen LogP contribution in [0.15, 0.2) is 42.7 Å². The van der Waals surface area contributed by atoms with Gasteiger partial charge in [-0.15, -0.1) is 0 Å². The molecule has 2 aliphatic rings. The van der Waals surface area contributed by atoms with Gasteiger partial charge in [0.2, 0.25) is 0 Å². The lowest BCUT2D eigenvalue weighted by atomic mass is 10.0. The van der Waals surface area contributed by atoms with Crippen molar-refractivity contribution in [3.8, 4) is 0 Å². The highest BCUT2D eigenvalue weighted by Gasteiger charge is 2.45. The van der Waals surface area contributed by atoms with E-state index in [-0.39, 0.29) is 18.2 Å². The zero-order chi connectivity index (χ0) is 16.5. The van der Waals surface area contributed by atoms with Crippen LogP contribution in [-0.2, 0) is 6.54 Å². The summed E-state index contributed by atoms with van der Waals surface area (Å²) in [6.07, 6.45) is 6.14. The summed E-state index contributed by atoms with van der Waals surface area (Å²) in [4.78, 5) is 14.3. The molecule has 24 heavy (non-hydrogen) atoms. The molecule has 126 valence electrons. The molecule has 1 aliphatic carbocycles. The zero-order valence-electron chi connectivity index (χ0n) is 13.5. The van der Waals surface area contributed by atoms with E-state index in [1.807, 2.05) is 41.2 Å². The first-order valence-corrected chi connectivity index (χ1v) is 8.53. The van der Waals surface area contributed by atoms with Crippen molar-refractivity contribution in [3.05, 3.63) is 48.3 Å². The van der Waals surface area contributed by atoms with Crippen LogP contribution in [0.25, 0.3) is 0 Å². The van der Waals surface area contributed by atoms with Crippen LogP contribution in [-0.4, -0.2) is 44.5 Å². The first-order valence-electron chi connectivity index (χ1n) is 8.53. The van der Waals surface area contributed by atoms with E-state index in [0.29, 0.717) is 12.5 Å².